The van der Waals surface area contributed by atoms with Crippen LogP contribution in [0.1, 0.15) is 26.6 Å². The molecule has 1 aromatic carbocycles. The summed E-state index contributed by atoms with van der Waals surface area (Å²) in [6.07, 6.45) is -2.64. The third-order valence-corrected chi connectivity index (χ3v) is 5.59. The maximum atomic E-state index is 12.9. The van der Waals surface area contributed by atoms with E-state index in [-0.39, 0.29) is 12.2 Å². The number of thiazole rings is 1. The number of rotatable bonds is 6. The number of carbonyl (C=O) groups excluding carboxylic acids is 1. The smallest absolute Gasteiger partial charge is 0.312 e. The SMILES string of the molecule is Cc1sc(N(Cc2ccccc2)c2ccc(C(F)(F)F)nc2)nc1C(=O)NS(C)(=O)=O. The number of benzene rings is 1. The largest absolute Gasteiger partial charge is 0.433 e. The van der Waals surface area contributed by atoms with Gasteiger partial charge in [-0.05, 0) is 24.6 Å². The average molecular weight is 470 g/mol. The summed E-state index contributed by atoms with van der Waals surface area (Å²) in [5.74, 6) is -0.882. The first-order valence-corrected chi connectivity index (χ1v) is 11.5. The lowest BCUT2D eigenvalue weighted by atomic mass is 10.2. The van der Waals surface area contributed by atoms with Crippen molar-refractivity contribution >= 4 is 38.1 Å². The molecule has 0 fully saturated rings. The molecule has 0 aliphatic rings. The molecule has 3 rings (SSSR count). The fourth-order valence-electron chi connectivity index (χ4n) is 2.67. The molecule has 1 amide bonds. The molecule has 0 aliphatic heterocycles. The fourth-order valence-corrected chi connectivity index (χ4v) is 4.03. The first-order valence-electron chi connectivity index (χ1n) is 8.78. The highest BCUT2D eigenvalue weighted by atomic mass is 32.2. The molecule has 0 atom stereocenters. The van der Waals surface area contributed by atoms with Crippen LogP contribution in [0, 0.1) is 6.92 Å². The number of hydrogen-bond donors (Lipinski definition) is 1. The fraction of sp³-hybridized carbons (Fsp3) is 0.211. The Morgan fingerprint density at radius 1 is 1.16 bits per heavy atom. The maximum absolute atomic E-state index is 12.9. The molecule has 0 aliphatic carbocycles. The number of hydrogen-bond acceptors (Lipinski definition) is 7. The highest BCUT2D eigenvalue weighted by molar-refractivity contribution is 7.89. The van der Waals surface area contributed by atoms with Gasteiger partial charge in [-0.25, -0.2) is 23.1 Å². The molecule has 0 radical (unpaired) electrons. The van der Waals surface area contributed by atoms with Crippen LogP contribution in [0.15, 0.2) is 48.7 Å². The van der Waals surface area contributed by atoms with E-state index in [1.807, 2.05) is 35.1 Å². The normalized spacial score (nSPS) is 11.9. The zero-order chi connectivity index (χ0) is 22.8. The van der Waals surface area contributed by atoms with Crippen molar-refractivity contribution < 1.29 is 26.4 Å². The first-order chi connectivity index (χ1) is 14.4. The van der Waals surface area contributed by atoms with Crippen LogP contribution in [0.5, 0.6) is 0 Å². The van der Waals surface area contributed by atoms with Gasteiger partial charge in [-0.3, -0.25) is 4.79 Å². The molecular weight excluding hydrogens is 453 g/mol. The zero-order valence-corrected chi connectivity index (χ0v) is 18.0. The van der Waals surface area contributed by atoms with Crippen LogP contribution in [0.2, 0.25) is 0 Å². The van der Waals surface area contributed by atoms with Gasteiger partial charge in [0.25, 0.3) is 5.91 Å². The Morgan fingerprint density at radius 2 is 1.84 bits per heavy atom. The van der Waals surface area contributed by atoms with Gasteiger partial charge in [0.15, 0.2) is 5.13 Å². The summed E-state index contributed by atoms with van der Waals surface area (Å²) in [4.78, 5) is 22.1. The zero-order valence-electron chi connectivity index (χ0n) is 16.3. The van der Waals surface area contributed by atoms with Crippen molar-refractivity contribution in [2.24, 2.45) is 0 Å². The summed E-state index contributed by atoms with van der Waals surface area (Å²) >= 11 is 1.11. The van der Waals surface area contributed by atoms with Gasteiger partial charge in [0.1, 0.15) is 11.4 Å². The Hall–Kier alpha value is -2.99. The number of pyridine rings is 1. The number of alkyl halides is 3. The van der Waals surface area contributed by atoms with E-state index in [1.54, 1.807) is 11.8 Å². The van der Waals surface area contributed by atoms with Gasteiger partial charge in [-0.1, -0.05) is 30.3 Å². The van der Waals surface area contributed by atoms with Crippen LogP contribution in [0.3, 0.4) is 0 Å². The number of nitrogens with one attached hydrogen (secondary N) is 1. The van der Waals surface area contributed by atoms with Gasteiger partial charge in [-0.15, -0.1) is 11.3 Å². The molecule has 0 saturated carbocycles. The van der Waals surface area contributed by atoms with Crippen LogP contribution in [0.25, 0.3) is 0 Å². The van der Waals surface area contributed by atoms with E-state index in [0.29, 0.717) is 15.7 Å². The second kappa shape index (κ2) is 8.63. The van der Waals surface area contributed by atoms with Gasteiger partial charge < -0.3 is 4.90 Å². The molecular formula is C19H17F3N4O3S2. The number of nitrogens with zero attached hydrogens (tertiary/aromatic N) is 3. The van der Waals surface area contributed by atoms with Crippen LogP contribution >= 0.6 is 11.3 Å². The minimum absolute atomic E-state index is 0.0802. The van der Waals surface area contributed by atoms with Crippen molar-refractivity contribution in [3.05, 3.63) is 70.5 Å². The second-order valence-electron chi connectivity index (χ2n) is 6.58. The average Bonchev–Trinajstić information content (AvgIpc) is 3.06. The first kappa shape index (κ1) is 22.7. The molecule has 2 aromatic heterocycles. The van der Waals surface area contributed by atoms with Crippen LogP contribution in [-0.4, -0.2) is 30.5 Å². The predicted molar refractivity (Wildman–Crippen MR) is 111 cm³/mol. The molecule has 3 aromatic rings. The number of carbonyl (C=O) groups is 1. The van der Waals surface area contributed by atoms with Gasteiger partial charge in [-0.2, -0.15) is 13.2 Å². The maximum Gasteiger partial charge on any atom is 0.433 e. The molecule has 2 heterocycles. The number of aryl methyl sites for hydroxylation is 1. The van der Waals surface area contributed by atoms with E-state index < -0.39 is 27.8 Å². The van der Waals surface area contributed by atoms with E-state index >= 15 is 0 Å². The predicted octanol–water partition coefficient (Wildman–Crippen LogP) is 3.89. The third-order valence-electron chi connectivity index (χ3n) is 4.04. The van der Waals surface area contributed by atoms with Gasteiger partial charge >= 0.3 is 6.18 Å². The Morgan fingerprint density at radius 3 is 2.39 bits per heavy atom. The van der Waals surface area contributed by atoms with Crippen molar-refractivity contribution in [3.8, 4) is 0 Å². The van der Waals surface area contributed by atoms with Crippen molar-refractivity contribution in [2.45, 2.75) is 19.6 Å². The summed E-state index contributed by atoms with van der Waals surface area (Å²) < 4.78 is 63.3. The Kier molecular flexibility index (Phi) is 6.32. The summed E-state index contributed by atoms with van der Waals surface area (Å²) in [6, 6.07) is 11.3. The van der Waals surface area contributed by atoms with Crippen LogP contribution < -0.4 is 9.62 Å². The van der Waals surface area contributed by atoms with E-state index in [0.717, 1.165) is 35.4 Å². The molecule has 0 spiro atoms. The number of aromatic nitrogens is 2. The topological polar surface area (TPSA) is 92.3 Å². The van der Waals surface area contributed by atoms with Crippen molar-refractivity contribution in [1.82, 2.24) is 14.7 Å². The Balaban J connectivity index is 2.01. The van der Waals surface area contributed by atoms with Crippen molar-refractivity contribution in [2.75, 3.05) is 11.2 Å². The lowest BCUT2D eigenvalue weighted by Crippen LogP contribution is -2.30. The minimum Gasteiger partial charge on any atom is -0.312 e. The highest BCUT2D eigenvalue weighted by Crippen LogP contribution is 2.34. The quantitative estimate of drug-likeness (QED) is 0.588. The lowest BCUT2D eigenvalue weighted by molar-refractivity contribution is -0.141. The van der Waals surface area contributed by atoms with Gasteiger partial charge in [0.05, 0.1) is 24.7 Å². The van der Waals surface area contributed by atoms with Gasteiger partial charge in [0.2, 0.25) is 10.0 Å². The van der Waals surface area contributed by atoms with Crippen LogP contribution in [0.4, 0.5) is 24.0 Å². The Bertz CT molecular complexity index is 1180. The monoisotopic (exact) mass is 470 g/mol. The molecule has 7 nitrogen and oxygen atoms in total. The molecule has 12 heteroatoms. The summed E-state index contributed by atoms with van der Waals surface area (Å²) in [6.45, 7) is 1.85. The molecule has 1 N–H and O–H groups in total. The molecule has 0 saturated heterocycles. The number of amides is 1. The highest BCUT2D eigenvalue weighted by Gasteiger charge is 2.32. The van der Waals surface area contributed by atoms with Crippen LogP contribution in [-0.2, 0) is 22.7 Å². The summed E-state index contributed by atoms with van der Waals surface area (Å²) in [7, 11) is -3.78. The molecule has 0 bridgehead atoms. The summed E-state index contributed by atoms with van der Waals surface area (Å²) in [5, 5.41) is 0.307. The molecule has 164 valence electrons. The van der Waals surface area contributed by atoms with E-state index in [9.17, 15) is 26.4 Å². The standard InChI is InChI=1S/C19H17F3N4O3S2/c1-12-16(17(27)25-31(2,28)29)24-18(30-12)26(11-13-6-4-3-5-7-13)14-8-9-15(23-10-14)19(20,21)22/h3-10H,11H2,1-2H3,(H,25,27). The van der Waals surface area contributed by atoms with Gasteiger partial charge in [0, 0.05) is 4.88 Å². The number of sulfonamides is 1. The molecule has 31 heavy (non-hydrogen) atoms. The third kappa shape index (κ3) is 5.79. The van der Waals surface area contributed by atoms with Crippen molar-refractivity contribution in [1.29, 1.82) is 0 Å². The molecule has 0 unspecified atom stereocenters. The van der Waals surface area contributed by atoms with E-state index in [1.165, 1.54) is 6.07 Å². The summed E-state index contributed by atoms with van der Waals surface area (Å²) in [5.41, 5.74) is 0.0702. The second-order valence-corrected chi connectivity index (χ2v) is 9.51. The Labute approximate surface area is 180 Å². The lowest BCUT2D eigenvalue weighted by Gasteiger charge is -2.22. The number of anilines is 2. The minimum atomic E-state index is -4.57. The van der Waals surface area contributed by atoms with Crippen molar-refractivity contribution in [3.63, 3.8) is 0 Å². The van der Waals surface area contributed by atoms with E-state index in [2.05, 4.69) is 9.97 Å². The number of halogens is 3. The van der Waals surface area contributed by atoms with E-state index in [4.69, 9.17) is 0 Å².